The van der Waals surface area contributed by atoms with Gasteiger partial charge in [-0.2, -0.15) is 0 Å². The average Bonchev–Trinajstić information content (AvgIpc) is 2.21. The molecular formula is C10H19NO3. The molecule has 0 radical (unpaired) electrons. The summed E-state index contributed by atoms with van der Waals surface area (Å²) in [5.74, 6) is 2.38. The quantitative estimate of drug-likeness (QED) is 0.400. The van der Waals surface area contributed by atoms with Gasteiger partial charge >= 0.3 is 0 Å². The van der Waals surface area contributed by atoms with Gasteiger partial charge < -0.3 is 19.9 Å². The second-order valence-corrected chi connectivity index (χ2v) is 2.62. The molecule has 0 aromatic heterocycles. The topological polar surface area (TPSA) is 53.7 Å². The normalized spacial score (nSPS) is 10.0. The number of hydrogen-bond donors (Lipinski definition) is 1. The van der Waals surface area contributed by atoms with E-state index in [0.29, 0.717) is 46.2 Å². The molecule has 0 unspecified atom stereocenters. The average molecular weight is 201 g/mol. The Morgan fingerprint density at radius 2 is 1.50 bits per heavy atom. The molecule has 4 nitrogen and oxygen atoms in total. The van der Waals surface area contributed by atoms with Crippen LogP contribution in [0.5, 0.6) is 0 Å². The van der Waals surface area contributed by atoms with Gasteiger partial charge in [-0.15, -0.1) is 6.42 Å². The molecule has 0 atom stereocenters. The van der Waals surface area contributed by atoms with E-state index in [1.807, 2.05) is 0 Å². The lowest BCUT2D eigenvalue weighted by Crippen LogP contribution is -2.11. The van der Waals surface area contributed by atoms with Crippen LogP contribution in [0.25, 0.3) is 0 Å². The first-order chi connectivity index (χ1) is 6.91. The van der Waals surface area contributed by atoms with Crippen molar-refractivity contribution in [3.8, 4) is 12.3 Å². The van der Waals surface area contributed by atoms with Crippen molar-refractivity contribution in [1.29, 1.82) is 0 Å². The number of ether oxygens (including phenoxy) is 3. The summed E-state index contributed by atoms with van der Waals surface area (Å²) >= 11 is 0. The van der Waals surface area contributed by atoms with E-state index in [9.17, 15) is 0 Å². The summed E-state index contributed by atoms with van der Waals surface area (Å²) in [6.07, 6.45) is 5.89. The van der Waals surface area contributed by atoms with Gasteiger partial charge in [0.05, 0.1) is 26.4 Å². The molecule has 0 aliphatic carbocycles. The summed E-state index contributed by atoms with van der Waals surface area (Å²) in [6.45, 7) is 4.00. The first-order valence-electron chi connectivity index (χ1n) is 4.78. The van der Waals surface area contributed by atoms with E-state index in [-0.39, 0.29) is 0 Å². The minimum absolute atomic E-state index is 0.344. The molecule has 0 bridgehead atoms. The fraction of sp³-hybridized carbons (Fsp3) is 0.800. The molecule has 0 rings (SSSR count). The van der Waals surface area contributed by atoms with Crippen LogP contribution in [0, 0.1) is 12.3 Å². The molecule has 0 heterocycles. The molecule has 14 heavy (non-hydrogen) atoms. The van der Waals surface area contributed by atoms with Crippen LogP contribution in [-0.4, -0.2) is 46.2 Å². The molecule has 0 fully saturated rings. The zero-order valence-electron chi connectivity index (χ0n) is 8.54. The minimum atomic E-state index is 0.344. The number of rotatable bonds is 10. The van der Waals surface area contributed by atoms with Crippen LogP contribution in [-0.2, 0) is 14.2 Å². The summed E-state index contributed by atoms with van der Waals surface area (Å²) in [5.41, 5.74) is 5.29. The summed E-state index contributed by atoms with van der Waals surface area (Å²) in [5, 5.41) is 0. The van der Waals surface area contributed by atoms with Crippen molar-refractivity contribution in [2.45, 2.75) is 6.42 Å². The second-order valence-electron chi connectivity index (χ2n) is 2.62. The Bertz CT molecular complexity index is 145. The SMILES string of the molecule is C#CCOCCOCCOCCCN. The third-order valence-electron chi connectivity index (χ3n) is 1.42. The molecule has 0 saturated carbocycles. The fourth-order valence-corrected chi connectivity index (χ4v) is 0.756. The van der Waals surface area contributed by atoms with E-state index < -0.39 is 0 Å². The molecule has 0 aliphatic heterocycles. The van der Waals surface area contributed by atoms with Gasteiger partial charge in [0.1, 0.15) is 6.61 Å². The molecule has 82 valence electrons. The van der Waals surface area contributed by atoms with Gasteiger partial charge in [-0.1, -0.05) is 5.92 Å². The molecule has 0 aromatic carbocycles. The van der Waals surface area contributed by atoms with Gasteiger partial charge in [-0.3, -0.25) is 0 Å². The van der Waals surface area contributed by atoms with E-state index in [1.54, 1.807) is 0 Å². The van der Waals surface area contributed by atoms with Crippen LogP contribution in [0.1, 0.15) is 6.42 Å². The molecule has 4 heteroatoms. The van der Waals surface area contributed by atoms with Gasteiger partial charge in [0, 0.05) is 6.61 Å². The molecule has 2 N–H and O–H groups in total. The maximum absolute atomic E-state index is 5.29. The Morgan fingerprint density at radius 3 is 2.07 bits per heavy atom. The fourth-order valence-electron chi connectivity index (χ4n) is 0.756. The minimum Gasteiger partial charge on any atom is -0.379 e. The summed E-state index contributed by atoms with van der Waals surface area (Å²) in [6, 6.07) is 0. The lowest BCUT2D eigenvalue weighted by atomic mass is 10.5. The number of nitrogens with two attached hydrogens (primary N) is 1. The van der Waals surface area contributed by atoms with Gasteiger partial charge in [0.15, 0.2) is 0 Å². The Labute approximate surface area is 85.7 Å². The van der Waals surface area contributed by atoms with Crippen molar-refractivity contribution in [3.63, 3.8) is 0 Å². The van der Waals surface area contributed by atoms with Crippen molar-refractivity contribution in [3.05, 3.63) is 0 Å². The van der Waals surface area contributed by atoms with Gasteiger partial charge in [-0.25, -0.2) is 0 Å². The lowest BCUT2D eigenvalue weighted by Gasteiger charge is -2.04. The highest BCUT2D eigenvalue weighted by molar-refractivity contribution is 4.82. The smallest absolute Gasteiger partial charge is 0.107 e. The number of terminal acetylenes is 1. The van der Waals surface area contributed by atoms with Crippen molar-refractivity contribution in [2.75, 3.05) is 46.2 Å². The zero-order valence-corrected chi connectivity index (χ0v) is 8.54. The molecule has 0 amide bonds. The van der Waals surface area contributed by atoms with Crippen molar-refractivity contribution < 1.29 is 14.2 Å². The maximum Gasteiger partial charge on any atom is 0.107 e. The van der Waals surface area contributed by atoms with Crippen molar-refractivity contribution >= 4 is 0 Å². The first kappa shape index (κ1) is 13.4. The van der Waals surface area contributed by atoms with E-state index in [0.717, 1.165) is 6.42 Å². The predicted molar refractivity (Wildman–Crippen MR) is 55.0 cm³/mol. The standard InChI is InChI=1S/C10H19NO3/c1-2-5-12-7-9-14-10-8-13-6-3-4-11/h1H,3-11H2. The highest BCUT2D eigenvalue weighted by atomic mass is 16.5. The molecular weight excluding hydrogens is 182 g/mol. The molecule has 0 saturated heterocycles. The Balaban J connectivity index is 2.82. The monoisotopic (exact) mass is 201 g/mol. The van der Waals surface area contributed by atoms with Crippen LogP contribution in [0.15, 0.2) is 0 Å². The van der Waals surface area contributed by atoms with Crippen LogP contribution in [0.3, 0.4) is 0 Å². The van der Waals surface area contributed by atoms with E-state index in [4.69, 9.17) is 26.4 Å². The third kappa shape index (κ3) is 11.4. The van der Waals surface area contributed by atoms with E-state index in [2.05, 4.69) is 5.92 Å². The van der Waals surface area contributed by atoms with E-state index in [1.165, 1.54) is 0 Å². The van der Waals surface area contributed by atoms with Crippen LogP contribution in [0.4, 0.5) is 0 Å². The lowest BCUT2D eigenvalue weighted by molar-refractivity contribution is 0.0201. The Morgan fingerprint density at radius 1 is 0.929 bits per heavy atom. The Hall–Kier alpha value is -0.600. The predicted octanol–water partition coefficient (Wildman–Crippen LogP) is 0.0182. The highest BCUT2D eigenvalue weighted by Crippen LogP contribution is 1.82. The van der Waals surface area contributed by atoms with Crippen LogP contribution >= 0.6 is 0 Å². The summed E-state index contributed by atoms with van der Waals surface area (Å²) in [7, 11) is 0. The van der Waals surface area contributed by atoms with E-state index >= 15 is 0 Å². The van der Waals surface area contributed by atoms with Crippen LogP contribution < -0.4 is 5.73 Å². The maximum atomic E-state index is 5.29. The summed E-state index contributed by atoms with van der Waals surface area (Å²) in [4.78, 5) is 0. The zero-order chi connectivity index (χ0) is 10.5. The summed E-state index contributed by atoms with van der Waals surface area (Å²) < 4.78 is 15.4. The number of hydrogen-bond acceptors (Lipinski definition) is 4. The third-order valence-corrected chi connectivity index (χ3v) is 1.42. The largest absolute Gasteiger partial charge is 0.379 e. The van der Waals surface area contributed by atoms with Gasteiger partial charge in [0.2, 0.25) is 0 Å². The van der Waals surface area contributed by atoms with Gasteiger partial charge in [-0.05, 0) is 13.0 Å². The molecule has 0 aromatic rings. The molecule has 0 spiro atoms. The van der Waals surface area contributed by atoms with Gasteiger partial charge in [0.25, 0.3) is 0 Å². The highest BCUT2D eigenvalue weighted by Gasteiger charge is 1.90. The molecule has 0 aliphatic rings. The van der Waals surface area contributed by atoms with Crippen LogP contribution in [0.2, 0.25) is 0 Å². The van der Waals surface area contributed by atoms with Crippen molar-refractivity contribution in [2.24, 2.45) is 5.73 Å². The first-order valence-corrected chi connectivity index (χ1v) is 4.78. The van der Waals surface area contributed by atoms with Crippen molar-refractivity contribution in [1.82, 2.24) is 0 Å². The second kappa shape index (κ2) is 12.4. The Kier molecular flexibility index (Phi) is 11.9.